The molecule has 2 rings (SSSR count). The number of anilines is 1. The summed E-state index contributed by atoms with van der Waals surface area (Å²) >= 11 is 1.66. The number of carbonyl (C=O) groups is 1. The lowest BCUT2D eigenvalue weighted by molar-refractivity contribution is -0.117. The van der Waals surface area contributed by atoms with Crippen LogP contribution in [-0.2, 0) is 11.4 Å². The van der Waals surface area contributed by atoms with E-state index in [1.165, 1.54) is 12.1 Å². The molecule has 0 unspecified atom stereocenters. The Morgan fingerprint density at radius 2 is 2.12 bits per heavy atom. The molecule has 25 heavy (non-hydrogen) atoms. The van der Waals surface area contributed by atoms with Gasteiger partial charge in [-0.15, -0.1) is 0 Å². The van der Waals surface area contributed by atoms with Crippen molar-refractivity contribution in [1.82, 2.24) is 0 Å². The number of halogens is 1. The van der Waals surface area contributed by atoms with Crippen molar-refractivity contribution in [2.45, 2.75) is 26.0 Å². The molecule has 6 heteroatoms. The summed E-state index contributed by atoms with van der Waals surface area (Å²) in [5.74, 6) is 1.03. The Labute approximate surface area is 151 Å². The van der Waals surface area contributed by atoms with Crippen LogP contribution in [0.5, 0.6) is 5.75 Å². The minimum Gasteiger partial charge on any atom is -0.489 e. The van der Waals surface area contributed by atoms with Gasteiger partial charge in [0, 0.05) is 5.69 Å². The van der Waals surface area contributed by atoms with Crippen LogP contribution in [0.25, 0.3) is 0 Å². The summed E-state index contributed by atoms with van der Waals surface area (Å²) in [5, 5.41) is 2.85. The zero-order chi connectivity index (χ0) is 18.2. The van der Waals surface area contributed by atoms with E-state index in [9.17, 15) is 9.18 Å². The molecule has 0 saturated carbocycles. The number of aryl methyl sites for hydroxylation is 1. The van der Waals surface area contributed by atoms with Gasteiger partial charge in [-0.2, -0.15) is 11.8 Å². The Balaban J connectivity index is 1.94. The molecule has 0 saturated heterocycles. The van der Waals surface area contributed by atoms with Gasteiger partial charge in [-0.25, -0.2) is 4.39 Å². The highest BCUT2D eigenvalue weighted by atomic mass is 32.2. The van der Waals surface area contributed by atoms with Gasteiger partial charge in [0.1, 0.15) is 18.2 Å². The monoisotopic (exact) mass is 362 g/mol. The molecule has 0 bridgehead atoms. The number of nitrogens with two attached hydrogens (primary N) is 1. The quantitative estimate of drug-likeness (QED) is 0.751. The van der Waals surface area contributed by atoms with Gasteiger partial charge in [-0.3, -0.25) is 4.79 Å². The van der Waals surface area contributed by atoms with E-state index in [2.05, 4.69) is 5.32 Å². The van der Waals surface area contributed by atoms with Crippen molar-refractivity contribution in [1.29, 1.82) is 0 Å². The average molecular weight is 362 g/mol. The third-order valence-electron chi connectivity index (χ3n) is 3.72. The fourth-order valence-electron chi connectivity index (χ4n) is 2.26. The summed E-state index contributed by atoms with van der Waals surface area (Å²) in [5.41, 5.74) is 8.22. The lowest BCUT2D eigenvalue weighted by Gasteiger charge is -2.14. The minimum atomic E-state index is -0.518. The number of nitrogens with one attached hydrogen (secondary N) is 1. The molecular formula is C19H23FN2O2S. The number of thioether (sulfide) groups is 1. The van der Waals surface area contributed by atoms with Crippen molar-refractivity contribution >= 4 is 23.4 Å². The largest absolute Gasteiger partial charge is 0.489 e. The molecular weight excluding hydrogens is 339 g/mol. The van der Waals surface area contributed by atoms with Gasteiger partial charge < -0.3 is 15.8 Å². The molecule has 2 aromatic rings. The number of ether oxygens (including phenoxy) is 1. The van der Waals surface area contributed by atoms with Crippen LogP contribution in [0, 0.1) is 12.7 Å². The second kappa shape index (κ2) is 9.44. The van der Waals surface area contributed by atoms with Crippen molar-refractivity contribution in [3.63, 3.8) is 0 Å². The van der Waals surface area contributed by atoms with Crippen LogP contribution in [0.3, 0.4) is 0 Å². The highest BCUT2D eigenvalue weighted by Gasteiger charge is 2.14. The highest BCUT2D eigenvalue weighted by Crippen LogP contribution is 2.22. The van der Waals surface area contributed by atoms with Crippen LogP contribution in [0.15, 0.2) is 42.5 Å². The average Bonchev–Trinajstić information content (AvgIpc) is 2.60. The molecule has 0 aliphatic rings. The van der Waals surface area contributed by atoms with Gasteiger partial charge in [0.05, 0.1) is 6.04 Å². The van der Waals surface area contributed by atoms with E-state index >= 15 is 0 Å². The van der Waals surface area contributed by atoms with E-state index in [1.54, 1.807) is 36.0 Å². The maximum absolute atomic E-state index is 13.2. The molecule has 0 aromatic heterocycles. The summed E-state index contributed by atoms with van der Waals surface area (Å²) in [6.45, 7) is 2.17. The predicted octanol–water partition coefficient (Wildman–Crippen LogP) is 3.73. The van der Waals surface area contributed by atoms with E-state index in [4.69, 9.17) is 10.5 Å². The first-order valence-corrected chi connectivity index (χ1v) is 9.42. The molecule has 0 heterocycles. The lowest BCUT2D eigenvalue weighted by Crippen LogP contribution is -2.36. The standard InChI is InChI=1S/C19H23FN2O2S/c1-13-10-16(24-12-14-4-3-5-15(20)11-14)6-7-18(13)22-19(23)17(21)8-9-25-2/h3-7,10-11,17H,8-9,12,21H2,1-2H3,(H,22,23)/t17-/m0/s1. The molecule has 0 fully saturated rings. The zero-order valence-corrected chi connectivity index (χ0v) is 15.2. The molecule has 2 aromatic carbocycles. The van der Waals surface area contributed by atoms with Crippen LogP contribution in [0.1, 0.15) is 17.5 Å². The smallest absolute Gasteiger partial charge is 0.241 e. The zero-order valence-electron chi connectivity index (χ0n) is 14.4. The Morgan fingerprint density at radius 3 is 2.80 bits per heavy atom. The lowest BCUT2D eigenvalue weighted by atomic mass is 10.1. The molecule has 0 aliphatic heterocycles. The minimum absolute atomic E-state index is 0.189. The van der Waals surface area contributed by atoms with Crippen LogP contribution >= 0.6 is 11.8 Å². The summed E-state index contributed by atoms with van der Waals surface area (Å²) in [6, 6.07) is 11.2. The topological polar surface area (TPSA) is 64.4 Å². The fraction of sp³-hybridized carbons (Fsp3) is 0.316. The first-order valence-electron chi connectivity index (χ1n) is 8.03. The van der Waals surface area contributed by atoms with Crippen molar-refractivity contribution < 1.29 is 13.9 Å². The molecule has 4 nitrogen and oxygen atoms in total. The van der Waals surface area contributed by atoms with E-state index in [0.717, 1.165) is 16.9 Å². The summed E-state index contributed by atoms with van der Waals surface area (Å²) in [4.78, 5) is 12.1. The number of hydrogen-bond acceptors (Lipinski definition) is 4. The summed E-state index contributed by atoms with van der Waals surface area (Å²) in [7, 11) is 0. The Morgan fingerprint density at radius 1 is 1.32 bits per heavy atom. The van der Waals surface area contributed by atoms with E-state index in [1.807, 2.05) is 19.2 Å². The number of rotatable bonds is 8. The van der Waals surface area contributed by atoms with E-state index in [-0.39, 0.29) is 18.3 Å². The molecule has 0 spiro atoms. The molecule has 0 radical (unpaired) electrons. The second-order valence-corrected chi connectivity index (χ2v) is 6.76. The van der Waals surface area contributed by atoms with Crippen LogP contribution in [0.4, 0.5) is 10.1 Å². The van der Waals surface area contributed by atoms with Crippen LogP contribution in [0.2, 0.25) is 0 Å². The molecule has 1 amide bonds. The second-order valence-electron chi connectivity index (χ2n) is 5.77. The molecule has 134 valence electrons. The molecule has 1 atom stereocenters. The van der Waals surface area contributed by atoms with Gasteiger partial charge in [0.15, 0.2) is 0 Å². The summed E-state index contributed by atoms with van der Waals surface area (Å²) in [6.07, 6.45) is 2.62. The first kappa shape index (κ1) is 19.3. The van der Waals surface area contributed by atoms with Crippen molar-refractivity contribution in [2.24, 2.45) is 5.73 Å². The highest BCUT2D eigenvalue weighted by molar-refractivity contribution is 7.98. The fourth-order valence-corrected chi connectivity index (χ4v) is 2.75. The number of carbonyl (C=O) groups excluding carboxylic acids is 1. The van der Waals surface area contributed by atoms with E-state index < -0.39 is 6.04 Å². The van der Waals surface area contributed by atoms with Gasteiger partial charge in [-0.1, -0.05) is 12.1 Å². The number of hydrogen-bond donors (Lipinski definition) is 2. The van der Waals surface area contributed by atoms with Gasteiger partial charge in [-0.05, 0) is 66.8 Å². The third-order valence-corrected chi connectivity index (χ3v) is 4.36. The Hall–Kier alpha value is -2.05. The predicted molar refractivity (Wildman–Crippen MR) is 102 cm³/mol. The van der Waals surface area contributed by atoms with E-state index in [0.29, 0.717) is 17.9 Å². The van der Waals surface area contributed by atoms with Gasteiger partial charge in [0.2, 0.25) is 5.91 Å². The van der Waals surface area contributed by atoms with Gasteiger partial charge in [0.25, 0.3) is 0 Å². The maximum atomic E-state index is 13.2. The van der Waals surface area contributed by atoms with Crippen LogP contribution < -0.4 is 15.8 Å². The summed E-state index contributed by atoms with van der Waals surface area (Å²) < 4.78 is 18.8. The van der Waals surface area contributed by atoms with Crippen molar-refractivity contribution in [2.75, 3.05) is 17.3 Å². The maximum Gasteiger partial charge on any atom is 0.241 e. The molecule has 3 N–H and O–H groups in total. The van der Waals surface area contributed by atoms with Crippen LogP contribution in [-0.4, -0.2) is 24.0 Å². The Bertz CT molecular complexity index is 724. The van der Waals surface area contributed by atoms with Crippen molar-refractivity contribution in [3.05, 3.63) is 59.4 Å². The number of amides is 1. The Kier molecular flexibility index (Phi) is 7.28. The van der Waals surface area contributed by atoms with Crippen molar-refractivity contribution in [3.8, 4) is 5.75 Å². The third kappa shape index (κ3) is 6.07. The SMILES string of the molecule is CSCC[C@H](N)C(=O)Nc1ccc(OCc2cccc(F)c2)cc1C. The first-order chi connectivity index (χ1) is 12.0. The molecule has 0 aliphatic carbocycles. The number of benzene rings is 2. The van der Waals surface area contributed by atoms with Gasteiger partial charge >= 0.3 is 0 Å². The normalized spacial score (nSPS) is 11.8.